The standard InChI is InChI=1S/C20H35NO16/c1-5(25)21-9-16(11(27)7(3-23)33-18(9)32)36-20-15(31)17(12(28)8(4-24)35-20)37-19-14(30)13(29)10(26)6(2-22)34-19/h6-20,22-24,26-32H,2-4H2,1H3,(H,21,25)/t6?,7?,8?,9?,10-,11-,12-,13-,14?,15?,16+,17-,18?,19+,20-/m0/s1. The van der Waals surface area contributed by atoms with E-state index in [0.717, 1.165) is 6.92 Å². The van der Waals surface area contributed by atoms with Crippen LogP contribution < -0.4 is 5.32 Å². The van der Waals surface area contributed by atoms with E-state index in [0.29, 0.717) is 0 Å². The topological polar surface area (TPSA) is 278 Å². The van der Waals surface area contributed by atoms with Crippen molar-refractivity contribution in [2.75, 3.05) is 19.8 Å². The molecule has 0 aromatic heterocycles. The van der Waals surface area contributed by atoms with Crippen LogP contribution in [0.15, 0.2) is 0 Å². The number of ether oxygens (including phenoxy) is 5. The van der Waals surface area contributed by atoms with E-state index in [-0.39, 0.29) is 0 Å². The fourth-order valence-corrected chi connectivity index (χ4v) is 4.45. The summed E-state index contributed by atoms with van der Waals surface area (Å²) >= 11 is 0. The van der Waals surface area contributed by atoms with Gasteiger partial charge in [-0.3, -0.25) is 4.79 Å². The van der Waals surface area contributed by atoms with Gasteiger partial charge < -0.3 is 80.1 Å². The first-order valence-electron chi connectivity index (χ1n) is 11.6. The lowest BCUT2D eigenvalue weighted by Gasteiger charge is -2.48. The van der Waals surface area contributed by atoms with Gasteiger partial charge in [-0.15, -0.1) is 0 Å². The van der Waals surface area contributed by atoms with Gasteiger partial charge in [-0.2, -0.15) is 0 Å². The van der Waals surface area contributed by atoms with Gasteiger partial charge in [0.05, 0.1) is 19.8 Å². The van der Waals surface area contributed by atoms with E-state index in [4.69, 9.17) is 23.7 Å². The van der Waals surface area contributed by atoms with Gasteiger partial charge in [0.2, 0.25) is 5.91 Å². The maximum atomic E-state index is 11.6. The van der Waals surface area contributed by atoms with Crippen molar-refractivity contribution in [3.05, 3.63) is 0 Å². The second kappa shape index (κ2) is 12.8. The number of carbonyl (C=O) groups is 1. The van der Waals surface area contributed by atoms with Crippen molar-refractivity contribution in [2.45, 2.75) is 99.0 Å². The Morgan fingerprint density at radius 1 is 0.649 bits per heavy atom. The largest absolute Gasteiger partial charge is 0.394 e. The number of nitrogens with one attached hydrogen (secondary N) is 1. The van der Waals surface area contributed by atoms with E-state index in [9.17, 15) is 55.9 Å². The summed E-state index contributed by atoms with van der Waals surface area (Å²) < 4.78 is 26.9. The minimum Gasteiger partial charge on any atom is -0.394 e. The zero-order chi connectivity index (χ0) is 27.6. The van der Waals surface area contributed by atoms with Crippen molar-refractivity contribution in [1.29, 1.82) is 0 Å². The number of hydrogen-bond donors (Lipinski definition) is 11. The van der Waals surface area contributed by atoms with Crippen LogP contribution in [0.1, 0.15) is 6.92 Å². The zero-order valence-corrected chi connectivity index (χ0v) is 19.7. The second-order valence-electron chi connectivity index (χ2n) is 9.07. The van der Waals surface area contributed by atoms with Crippen molar-refractivity contribution in [3.8, 4) is 0 Å². The third kappa shape index (κ3) is 6.38. The summed E-state index contributed by atoms with van der Waals surface area (Å²) in [4.78, 5) is 11.6. The van der Waals surface area contributed by atoms with Crippen LogP contribution in [0.25, 0.3) is 0 Å². The molecule has 3 aliphatic rings. The normalized spacial score (nSPS) is 49.0. The summed E-state index contributed by atoms with van der Waals surface area (Å²) in [5.74, 6) is -0.645. The van der Waals surface area contributed by atoms with Crippen molar-refractivity contribution in [1.82, 2.24) is 5.32 Å². The van der Waals surface area contributed by atoms with Crippen molar-refractivity contribution in [3.63, 3.8) is 0 Å². The lowest BCUT2D eigenvalue weighted by molar-refractivity contribution is -0.373. The third-order valence-electron chi connectivity index (χ3n) is 6.50. The SMILES string of the molecule is CC(=O)NC1C(O)OC(CO)[C@H](O)[C@@H]1O[C@@H]1OC(CO)[C@H](O)[C@H](O[C@H]2OC(CO)[C@H](O)[C@H](O)C2O)C1O. The lowest BCUT2D eigenvalue weighted by atomic mass is 9.95. The highest BCUT2D eigenvalue weighted by Crippen LogP contribution is 2.32. The van der Waals surface area contributed by atoms with Gasteiger partial charge in [0.15, 0.2) is 18.9 Å². The Bertz CT molecular complexity index is 745. The maximum absolute atomic E-state index is 11.6. The van der Waals surface area contributed by atoms with Gasteiger partial charge in [0, 0.05) is 6.92 Å². The summed E-state index contributed by atoms with van der Waals surface area (Å²) in [5, 5.41) is 103. The first-order valence-corrected chi connectivity index (χ1v) is 11.6. The molecule has 3 aliphatic heterocycles. The zero-order valence-electron chi connectivity index (χ0n) is 19.7. The van der Waals surface area contributed by atoms with Crippen LogP contribution in [0, 0.1) is 0 Å². The first kappa shape index (κ1) is 30.4. The second-order valence-corrected chi connectivity index (χ2v) is 9.07. The molecule has 0 radical (unpaired) electrons. The average molecular weight is 545 g/mol. The van der Waals surface area contributed by atoms with E-state index in [1.165, 1.54) is 0 Å². The quantitative estimate of drug-likeness (QED) is 0.135. The Morgan fingerprint density at radius 2 is 1.11 bits per heavy atom. The van der Waals surface area contributed by atoms with E-state index in [2.05, 4.69) is 5.32 Å². The van der Waals surface area contributed by atoms with Crippen LogP contribution in [-0.4, -0.2) is 169 Å². The molecule has 1 amide bonds. The summed E-state index contributed by atoms with van der Waals surface area (Å²) in [7, 11) is 0. The minimum atomic E-state index is -1.93. The van der Waals surface area contributed by atoms with Crippen LogP contribution in [0.3, 0.4) is 0 Å². The van der Waals surface area contributed by atoms with Crippen LogP contribution in [-0.2, 0) is 28.5 Å². The molecule has 3 saturated heterocycles. The van der Waals surface area contributed by atoms with Crippen LogP contribution in [0.4, 0.5) is 0 Å². The number of rotatable bonds is 8. The summed E-state index contributed by atoms with van der Waals surface area (Å²) in [6, 6.07) is -1.41. The van der Waals surface area contributed by atoms with Crippen molar-refractivity contribution >= 4 is 5.91 Å². The van der Waals surface area contributed by atoms with E-state index < -0.39 is 118 Å². The molecule has 37 heavy (non-hydrogen) atoms. The average Bonchev–Trinajstić information content (AvgIpc) is 2.86. The molecule has 0 aromatic rings. The summed E-state index contributed by atoms with van der Waals surface area (Å²) in [6.07, 6.45) is -23.5. The van der Waals surface area contributed by atoms with E-state index in [1.54, 1.807) is 0 Å². The molecule has 0 saturated carbocycles. The van der Waals surface area contributed by atoms with Gasteiger partial charge in [-0.25, -0.2) is 0 Å². The Labute approximate surface area is 210 Å². The Balaban J connectivity index is 1.83. The molecule has 17 nitrogen and oxygen atoms in total. The van der Waals surface area contributed by atoms with Gasteiger partial charge >= 0.3 is 0 Å². The fourth-order valence-electron chi connectivity index (χ4n) is 4.45. The molecule has 3 heterocycles. The number of hydrogen-bond acceptors (Lipinski definition) is 16. The molecular formula is C20H35NO16. The molecule has 0 spiro atoms. The molecule has 216 valence electrons. The predicted molar refractivity (Wildman–Crippen MR) is 113 cm³/mol. The van der Waals surface area contributed by atoms with Crippen molar-refractivity contribution < 1.29 is 79.5 Å². The molecule has 11 N–H and O–H groups in total. The summed E-state index contributed by atoms with van der Waals surface area (Å²) in [5.41, 5.74) is 0. The number of aliphatic hydroxyl groups is 10. The third-order valence-corrected chi connectivity index (χ3v) is 6.50. The van der Waals surface area contributed by atoms with Gasteiger partial charge in [0.25, 0.3) is 0 Å². The maximum Gasteiger partial charge on any atom is 0.217 e. The smallest absolute Gasteiger partial charge is 0.217 e. The Hall–Kier alpha value is -1.13. The molecule has 0 bridgehead atoms. The van der Waals surface area contributed by atoms with Crippen LogP contribution >= 0.6 is 0 Å². The highest BCUT2D eigenvalue weighted by atomic mass is 16.7. The van der Waals surface area contributed by atoms with E-state index >= 15 is 0 Å². The Kier molecular flexibility index (Phi) is 10.5. The van der Waals surface area contributed by atoms with Crippen LogP contribution in [0.2, 0.25) is 0 Å². The highest BCUT2D eigenvalue weighted by Gasteiger charge is 2.53. The van der Waals surface area contributed by atoms with E-state index in [1.807, 2.05) is 0 Å². The number of aliphatic hydroxyl groups excluding tert-OH is 10. The predicted octanol–water partition coefficient (Wildman–Crippen LogP) is -7.43. The van der Waals surface area contributed by atoms with Crippen LogP contribution in [0.5, 0.6) is 0 Å². The molecule has 0 aromatic carbocycles. The highest BCUT2D eigenvalue weighted by molar-refractivity contribution is 5.73. The molecule has 17 heteroatoms. The Morgan fingerprint density at radius 3 is 1.65 bits per heavy atom. The number of amides is 1. The molecule has 7 unspecified atom stereocenters. The van der Waals surface area contributed by atoms with Gasteiger partial charge in [-0.1, -0.05) is 0 Å². The number of carbonyl (C=O) groups excluding carboxylic acids is 1. The monoisotopic (exact) mass is 545 g/mol. The molecular weight excluding hydrogens is 510 g/mol. The first-order chi connectivity index (χ1) is 17.4. The van der Waals surface area contributed by atoms with Crippen molar-refractivity contribution in [2.24, 2.45) is 0 Å². The summed E-state index contributed by atoms with van der Waals surface area (Å²) in [6.45, 7) is -1.23. The molecule has 15 atom stereocenters. The fraction of sp³-hybridized carbons (Fsp3) is 0.950. The molecule has 0 aliphatic carbocycles. The van der Waals surface area contributed by atoms with Gasteiger partial charge in [0.1, 0.15) is 73.2 Å². The molecule has 3 rings (SSSR count). The minimum absolute atomic E-state index is 0.645. The molecule has 3 fully saturated rings. The van der Waals surface area contributed by atoms with Gasteiger partial charge in [-0.05, 0) is 0 Å². The lowest BCUT2D eigenvalue weighted by Crippen LogP contribution is -2.68.